The minimum Gasteiger partial charge on any atom is -0.497 e. The van der Waals surface area contributed by atoms with Crippen LogP contribution < -0.4 is 20.5 Å². The van der Waals surface area contributed by atoms with Crippen LogP contribution in [0.4, 0.5) is 0 Å². The largest absolute Gasteiger partial charge is 0.497 e. The number of amides is 1. The molecule has 7 nitrogen and oxygen atoms in total. The molecule has 2 N–H and O–H groups in total. The van der Waals surface area contributed by atoms with Crippen LogP contribution in [0.3, 0.4) is 0 Å². The first kappa shape index (κ1) is 19.2. The Balaban J connectivity index is 1.73. The van der Waals surface area contributed by atoms with E-state index in [1.165, 1.54) is 0 Å². The predicted octanol–water partition coefficient (Wildman–Crippen LogP) is 2.43. The summed E-state index contributed by atoms with van der Waals surface area (Å²) in [6, 6.07) is 16.3. The van der Waals surface area contributed by atoms with Crippen molar-refractivity contribution in [1.29, 1.82) is 0 Å². The topological polar surface area (TPSA) is 93.3 Å². The number of benzene rings is 2. The van der Waals surface area contributed by atoms with Crippen LogP contribution in [0.15, 0.2) is 59.4 Å². The van der Waals surface area contributed by atoms with Gasteiger partial charge in [-0.25, -0.2) is 4.79 Å². The molecule has 0 fully saturated rings. The Kier molecular flexibility index (Phi) is 6.06. The molecule has 0 atom stereocenters. The molecule has 3 aromatic rings. The van der Waals surface area contributed by atoms with Gasteiger partial charge in [0.25, 0.3) is 5.91 Å². The van der Waals surface area contributed by atoms with Gasteiger partial charge in [-0.15, -0.1) is 0 Å². The quantitative estimate of drug-likeness (QED) is 0.658. The number of nitrogens with zero attached hydrogens (tertiary/aromatic N) is 1. The van der Waals surface area contributed by atoms with Gasteiger partial charge in [0.05, 0.1) is 19.9 Å². The molecule has 0 saturated heterocycles. The van der Waals surface area contributed by atoms with Crippen molar-refractivity contribution in [3.05, 3.63) is 76.3 Å². The highest BCUT2D eigenvalue weighted by molar-refractivity contribution is 5.93. The third-order valence-corrected chi connectivity index (χ3v) is 4.23. The highest BCUT2D eigenvalue weighted by Gasteiger charge is 2.11. The maximum atomic E-state index is 12.5. The molecular formula is C21H21N3O4. The maximum absolute atomic E-state index is 12.5. The number of methoxy groups -OCH3 is 2. The fourth-order valence-electron chi connectivity index (χ4n) is 2.83. The minimum atomic E-state index is -0.588. The van der Waals surface area contributed by atoms with Gasteiger partial charge in [0, 0.05) is 12.1 Å². The van der Waals surface area contributed by atoms with Crippen LogP contribution in [-0.4, -0.2) is 36.6 Å². The number of nitrogens with one attached hydrogen (secondary N) is 2. The molecular weight excluding hydrogens is 358 g/mol. The molecule has 0 bridgehead atoms. The second-order valence-electron chi connectivity index (χ2n) is 6.03. The zero-order chi connectivity index (χ0) is 19.9. The number of para-hydroxylation sites is 1. The van der Waals surface area contributed by atoms with Crippen molar-refractivity contribution in [2.45, 2.75) is 6.42 Å². The van der Waals surface area contributed by atoms with E-state index in [2.05, 4.69) is 15.3 Å². The highest BCUT2D eigenvalue weighted by atomic mass is 16.5. The van der Waals surface area contributed by atoms with Crippen LogP contribution in [0.2, 0.25) is 0 Å². The number of carbonyl (C=O) groups excluding carboxylic acids is 1. The van der Waals surface area contributed by atoms with Crippen LogP contribution in [-0.2, 0) is 6.42 Å². The molecule has 0 saturated carbocycles. The Labute approximate surface area is 162 Å². The van der Waals surface area contributed by atoms with Gasteiger partial charge < -0.3 is 19.8 Å². The zero-order valence-electron chi connectivity index (χ0n) is 15.7. The number of aromatic nitrogens is 2. The molecule has 0 aliphatic carbocycles. The molecule has 2 aromatic carbocycles. The number of carbonyl (C=O) groups is 1. The Morgan fingerprint density at radius 3 is 2.68 bits per heavy atom. The number of aromatic amines is 1. The molecule has 0 radical (unpaired) electrons. The van der Waals surface area contributed by atoms with Crippen LogP contribution in [0.5, 0.6) is 11.5 Å². The smallest absolute Gasteiger partial charge is 0.346 e. The highest BCUT2D eigenvalue weighted by Crippen LogP contribution is 2.21. The summed E-state index contributed by atoms with van der Waals surface area (Å²) in [6.45, 7) is 0.401. The fraction of sp³-hybridized carbons (Fsp3) is 0.190. The van der Waals surface area contributed by atoms with E-state index >= 15 is 0 Å². The molecule has 0 aliphatic heterocycles. The van der Waals surface area contributed by atoms with Gasteiger partial charge in [0.1, 0.15) is 17.2 Å². The molecule has 0 aliphatic rings. The van der Waals surface area contributed by atoms with E-state index in [1.807, 2.05) is 24.3 Å². The Morgan fingerprint density at radius 1 is 1.07 bits per heavy atom. The van der Waals surface area contributed by atoms with Crippen molar-refractivity contribution in [2.24, 2.45) is 0 Å². The van der Waals surface area contributed by atoms with Crippen molar-refractivity contribution >= 4 is 5.91 Å². The molecule has 144 valence electrons. The predicted molar refractivity (Wildman–Crippen MR) is 106 cm³/mol. The average molecular weight is 379 g/mol. The van der Waals surface area contributed by atoms with E-state index in [4.69, 9.17) is 9.47 Å². The molecule has 28 heavy (non-hydrogen) atoms. The van der Waals surface area contributed by atoms with Crippen molar-refractivity contribution < 1.29 is 14.3 Å². The van der Waals surface area contributed by atoms with E-state index in [0.29, 0.717) is 30.0 Å². The molecule has 1 aromatic heterocycles. The summed E-state index contributed by atoms with van der Waals surface area (Å²) in [5.74, 6) is 1.04. The lowest BCUT2D eigenvalue weighted by atomic mass is 10.1. The summed E-state index contributed by atoms with van der Waals surface area (Å²) < 4.78 is 10.5. The van der Waals surface area contributed by atoms with E-state index in [9.17, 15) is 9.59 Å². The molecule has 3 rings (SSSR count). The maximum Gasteiger partial charge on any atom is 0.346 e. The summed E-state index contributed by atoms with van der Waals surface area (Å²) in [4.78, 5) is 30.8. The fourth-order valence-corrected chi connectivity index (χ4v) is 2.83. The first-order valence-electron chi connectivity index (χ1n) is 8.76. The van der Waals surface area contributed by atoms with Gasteiger partial charge in [0.15, 0.2) is 0 Å². The van der Waals surface area contributed by atoms with Crippen LogP contribution >= 0.6 is 0 Å². The van der Waals surface area contributed by atoms with E-state index in [0.717, 1.165) is 11.3 Å². The average Bonchev–Trinajstić information content (AvgIpc) is 2.73. The first-order chi connectivity index (χ1) is 13.6. The van der Waals surface area contributed by atoms with Crippen molar-refractivity contribution in [3.63, 3.8) is 0 Å². The Morgan fingerprint density at radius 2 is 1.89 bits per heavy atom. The third kappa shape index (κ3) is 4.56. The Hall–Kier alpha value is -3.61. The van der Waals surface area contributed by atoms with Gasteiger partial charge >= 0.3 is 5.69 Å². The molecule has 7 heteroatoms. The monoisotopic (exact) mass is 379 g/mol. The van der Waals surface area contributed by atoms with Gasteiger partial charge in [-0.3, -0.25) is 4.79 Å². The molecule has 1 heterocycles. The van der Waals surface area contributed by atoms with Crippen molar-refractivity contribution in [3.8, 4) is 22.8 Å². The van der Waals surface area contributed by atoms with Gasteiger partial charge in [-0.2, -0.15) is 4.98 Å². The lowest BCUT2D eigenvalue weighted by molar-refractivity contribution is 0.0948. The summed E-state index contributed by atoms with van der Waals surface area (Å²) in [6.07, 6.45) is 0.605. The standard InChI is InChI=1S/C21H21N3O4/c1-27-16-8-5-7-15(12-16)17-13-18(24-21(26)23-17)20(25)22-11-10-14-6-3-4-9-19(14)28-2/h3-9,12-13H,10-11H2,1-2H3,(H,22,25)(H,23,24,26). The van der Waals surface area contributed by atoms with E-state index in [1.54, 1.807) is 44.6 Å². The second-order valence-corrected chi connectivity index (χ2v) is 6.03. The van der Waals surface area contributed by atoms with E-state index in [-0.39, 0.29) is 11.6 Å². The van der Waals surface area contributed by atoms with Gasteiger partial charge in [-0.1, -0.05) is 30.3 Å². The number of hydrogen-bond acceptors (Lipinski definition) is 5. The van der Waals surface area contributed by atoms with Crippen molar-refractivity contribution in [1.82, 2.24) is 15.3 Å². The second kappa shape index (κ2) is 8.85. The summed E-state index contributed by atoms with van der Waals surface area (Å²) >= 11 is 0. The van der Waals surface area contributed by atoms with Crippen LogP contribution in [0.25, 0.3) is 11.3 Å². The Bertz CT molecular complexity index is 1030. The van der Waals surface area contributed by atoms with Gasteiger partial charge in [0.2, 0.25) is 0 Å². The van der Waals surface area contributed by atoms with Crippen LogP contribution in [0, 0.1) is 0 Å². The van der Waals surface area contributed by atoms with E-state index < -0.39 is 5.69 Å². The molecule has 0 unspecified atom stereocenters. The lowest BCUT2D eigenvalue weighted by Crippen LogP contribution is -2.29. The SMILES string of the molecule is COc1cccc(-c2cc(C(=O)NCCc3ccccc3OC)[nH]c(=O)n2)c1. The number of ether oxygens (including phenoxy) is 2. The normalized spacial score (nSPS) is 10.4. The third-order valence-electron chi connectivity index (χ3n) is 4.23. The summed E-state index contributed by atoms with van der Waals surface area (Å²) in [5.41, 5.74) is 1.64. The lowest BCUT2D eigenvalue weighted by Gasteiger charge is -2.09. The summed E-state index contributed by atoms with van der Waals surface area (Å²) in [5, 5.41) is 2.81. The number of hydrogen-bond donors (Lipinski definition) is 2. The number of H-pyrrole nitrogens is 1. The molecule has 1 amide bonds. The number of rotatable bonds is 7. The first-order valence-corrected chi connectivity index (χ1v) is 8.76. The van der Waals surface area contributed by atoms with Crippen molar-refractivity contribution in [2.75, 3.05) is 20.8 Å². The van der Waals surface area contributed by atoms with Gasteiger partial charge in [-0.05, 0) is 36.2 Å². The summed E-state index contributed by atoms with van der Waals surface area (Å²) in [7, 11) is 3.17. The molecule has 0 spiro atoms. The zero-order valence-corrected chi connectivity index (χ0v) is 15.7. The minimum absolute atomic E-state index is 0.151. The van der Waals surface area contributed by atoms with Crippen LogP contribution in [0.1, 0.15) is 16.1 Å².